The lowest BCUT2D eigenvalue weighted by Crippen LogP contribution is -2.34. The second-order valence-corrected chi connectivity index (χ2v) is 9.96. The van der Waals surface area contributed by atoms with E-state index in [9.17, 15) is 18.0 Å². The summed E-state index contributed by atoms with van der Waals surface area (Å²) in [5.41, 5.74) is 1.77. The van der Waals surface area contributed by atoms with E-state index in [0.29, 0.717) is 29.6 Å². The molecule has 1 aliphatic heterocycles. The molecule has 0 unspecified atom stereocenters. The fourth-order valence-corrected chi connectivity index (χ4v) is 5.81. The lowest BCUT2D eigenvalue weighted by Gasteiger charge is -2.20. The highest BCUT2D eigenvalue weighted by atomic mass is 35.5. The van der Waals surface area contributed by atoms with E-state index in [1.165, 1.54) is 22.5 Å². The van der Waals surface area contributed by atoms with Crippen molar-refractivity contribution < 1.29 is 8.42 Å². The van der Waals surface area contributed by atoms with Crippen LogP contribution in [-0.2, 0) is 16.4 Å². The van der Waals surface area contributed by atoms with Crippen LogP contribution in [0.3, 0.4) is 0 Å². The fourth-order valence-electron chi connectivity index (χ4n) is 4.08. The Balaban J connectivity index is 1.68. The minimum atomic E-state index is -3.93. The van der Waals surface area contributed by atoms with E-state index in [-0.39, 0.29) is 15.6 Å². The van der Waals surface area contributed by atoms with Crippen LogP contribution in [0.15, 0.2) is 75.1 Å². The molecule has 4 aromatic rings. The van der Waals surface area contributed by atoms with E-state index >= 15 is 0 Å². The van der Waals surface area contributed by atoms with Crippen molar-refractivity contribution in [2.24, 2.45) is 0 Å². The number of aryl methyl sites for hydroxylation is 1. The number of para-hydroxylation sites is 1. The summed E-state index contributed by atoms with van der Waals surface area (Å²) in [5.74, 6) is 0. The SMILES string of the molecule is Cc1ccc2c(c1)CCN2S(=O)(=O)c1ccc(Cl)c(-n2c(=O)[nH]c3ccccc3c2=O)c1. The smallest absolute Gasteiger partial charge is 0.306 e. The zero-order valence-corrected chi connectivity index (χ0v) is 18.6. The molecule has 1 aromatic heterocycles. The fraction of sp³-hybridized carbons (Fsp3) is 0.130. The third-order valence-electron chi connectivity index (χ3n) is 5.64. The number of aromatic nitrogens is 2. The molecule has 32 heavy (non-hydrogen) atoms. The number of aromatic amines is 1. The monoisotopic (exact) mass is 467 g/mol. The molecular formula is C23H18ClN3O4S. The first-order valence-corrected chi connectivity index (χ1v) is 11.8. The lowest BCUT2D eigenvalue weighted by atomic mass is 10.1. The van der Waals surface area contributed by atoms with Gasteiger partial charge in [0.05, 0.1) is 32.2 Å². The molecule has 0 radical (unpaired) electrons. The van der Waals surface area contributed by atoms with Crippen LogP contribution in [0.25, 0.3) is 16.6 Å². The van der Waals surface area contributed by atoms with Crippen LogP contribution in [0.4, 0.5) is 5.69 Å². The van der Waals surface area contributed by atoms with Crippen molar-refractivity contribution in [3.63, 3.8) is 0 Å². The van der Waals surface area contributed by atoms with E-state index in [0.717, 1.165) is 15.7 Å². The molecule has 9 heteroatoms. The summed E-state index contributed by atoms with van der Waals surface area (Å²) in [6.45, 7) is 2.28. The van der Waals surface area contributed by atoms with Crippen LogP contribution >= 0.6 is 11.6 Å². The van der Waals surface area contributed by atoms with Crippen LogP contribution in [0.2, 0.25) is 5.02 Å². The third-order valence-corrected chi connectivity index (χ3v) is 7.77. The number of fused-ring (bicyclic) bond motifs is 2. The molecule has 0 aliphatic carbocycles. The summed E-state index contributed by atoms with van der Waals surface area (Å²) in [5, 5.41) is 0.379. The average Bonchev–Trinajstić information content (AvgIpc) is 3.18. The van der Waals surface area contributed by atoms with E-state index in [4.69, 9.17) is 11.6 Å². The number of halogens is 1. The number of H-pyrrole nitrogens is 1. The number of sulfonamides is 1. The molecule has 162 valence electrons. The van der Waals surface area contributed by atoms with Crippen molar-refractivity contribution in [2.45, 2.75) is 18.2 Å². The summed E-state index contributed by atoms with van der Waals surface area (Å²) in [6, 6.07) is 16.3. The number of hydrogen-bond acceptors (Lipinski definition) is 4. The molecule has 7 nitrogen and oxygen atoms in total. The minimum Gasteiger partial charge on any atom is -0.306 e. The van der Waals surface area contributed by atoms with Crippen molar-refractivity contribution in [3.8, 4) is 5.69 Å². The van der Waals surface area contributed by atoms with Gasteiger partial charge in [0.1, 0.15) is 0 Å². The van der Waals surface area contributed by atoms with Crippen molar-refractivity contribution >= 4 is 38.2 Å². The van der Waals surface area contributed by atoms with Gasteiger partial charge in [-0.1, -0.05) is 41.4 Å². The Morgan fingerprint density at radius 3 is 2.56 bits per heavy atom. The number of anilines is 1. The summed E-state index contributed by atoms with van der Waals surface area (Å²) in [6.07, 6.45) is 0.612. The van der Waals surface area contributed by atoms with E-state index in [2.05, 4.69) is 4.98 Å². The van der Waals surface area contributed by atoms with Gasteiger partial charge >= 0.3 is 5.69 Å². The number of nitrogens with one attached hydrogen (secondary N) is 1. The number of nitrogens with zero attached hydrogens (tertiary/aromatic N) is 2. The molecule has 0 spiro atoms. The van der Waals surface area contributed by atoms with Gasteiger partial charge in [-0.05, 0) is 55.3 Å². The molecule has 0 saturated heterocycles. The first-order valence-electron chi connectivity index (χ1n) is 9.93. The summed E-state index contributed by atoms with van der Waals surface area (Å²) in [4.78, 5) is 28.3. The number of rotatable bonds is 3. The van der Waals surface area contributed by atoms with E-state index in [1.807, 2.05) is 19.1 Å². The van der Waals surface area contributed by atoms with Gasteiger partial charge in [-0.3, -0.25) is 9.10 Å². The quantitative estimate of drug-likeness (QED) is 0.500. The Morgan fingerprint density at radius 1 is 0.969 bits per heavy atom. The molecule has 1 aliphatic rings. The Labute approximate surface area is 188 Å². The molecule has 1 N–H and O–H groups in total. The summed E-state index contributed by atoms with van der Waals surface area (Å²) >= 11 is 6.31. The van der Waals surface area contributed by atoms with Crippen molar-refractivity contribution in [3.05, 3.63) is 97.7 Å². The van der Waals surface area contributed by atoms with Crippen LogP contribution < -0.4 is 15.6 Å². The Bertz CT molecular complexity index is 1620. The Hall–Kier alpha value is -3.36. The number of benzene rings is 3. The van der Waals surface area contributed by atoms with Gasteiger partial charge in [0.2, 0.25) is 0 Å². The van der Waals surface area contributed by atoms with Crippen molar-refractivity contribution in [1.82, 2.24) is 9.55 Å². The van der Waals surface area contributed by atoms with Gasteiger partial charge in [0.25, 0.3) is 15.6 Å². The minimum absolute atomic E-state index is 0.00747. The maximum atomic E-state index is 13.5. The van der Waals surface area contributed by atoms with Crippen LogP contribution in [-0.4, -0.2) is 24.5 Å². The highest BCUT2D eigenvalue weighted by Gasteiger charge is 2.31. The standard InChI is InChI=1S/C23H18ClN3O4S/c1-14-6-9-20-15(12-14)10-11-26(20)32(30,31)16-7-8-18(24)21(13-16)27-22(28)17-4-2-3-5-19(17)25-23(27)29/h2-9,12-13H,10-11H2,1H3,(H,25,29). The van der Waals surface area contributed by atoms with Gasteiger partial charge in [0, 0.05) is 6.54 Å². The van der Waals surface area contributed by atoms with Gasteiger partial charge in [-0.25, -0.2) is 17.8 Å². The molecule has 2 heterocycles. The zero-order valence-electron chi connectivity index (χ0n) is 17.0. The Kier molecular flexibility index (Phi) is 4.72. The van der Waals surface area contributed by atoms with Gasteiger partial charge in [-0.2, -0.15) is 0 Å². The molecule has 5 rings (SSSR count). The first kappa shape index (κ1) is 20.5. The normalized spacial score (nSPS) is 13.5. The molecule has 0 bridgehead atoms. The van der Waals surface area contributed by atoms with Crippen LogP contribution in [0.5, 0.6) is 0 Å². The average molecular weight is 468 g/mol. The molecule has 0 fully saturated rings. The van der Waals surface area contributed by atoms with E-state index < -0.39 is 21.3 Å². The maximum Gasteiger partial charge on any atom is 0.333 e. The van der Waals surface area contributed by atoms with Gasteiger partial charge < -0.3 is 4.98 Å². The third kappa shape index (κ3) is 3.14. The summed E-state index contributed by atoms with van der Waals surface area (Å²) in [7, 11) is -3.93. The molecule has 3 aromatic carbocycles. The van der Waals surface area contributed by atoms with E-state index in [1.54, 1.807) is 30.3 Å². The molecule has 0 amide bonds. The van der Waals surface area contributed by atoms with Gasteiger partial charge in [-0.15, -0.1) is 0 Å². The topological polar surface area (TPSA) is 92.2 Å². The highest BCUT2D eigenvalue weighted by Crippen LogP contribution is 2.34. The largest absolute Gasteiger partial charge is 0.333 e. The lowest BCUT2D eigenvalue weighted by molar-refractivity contribution is 0.592. The molecular weight excluding hydrogens is 450 g/mol. The Morgan fingerprint density at radius 2 is 1.75 bits per heavy atom. The maximum absolute atomic E-state index is 13.5. The zero-order chi connectivity index (χ0) is 22.6. The van der Waals surface area contributed by atoms with Crippen LogP contribution in [0.1, 0.15) is 11.1 Å². The predicted octanol–water partition coefficient (Wildman–Crippen LogP) is 3.39. The second kappa shape index (κ2) is 7.36. The van der Waals surface area contributed by atoms with Crippen LogP contribution in [0, 0.1) is 6.92 Å². The number of hydrogen-bond donors (Lipinski definition) is 1. The second-order valence-electron chi connectivity index (χ2n) is 7.69. The first-order chi connectivity index (χ1) is 15.3. The predicted molar refractivity (Wildman–Crippen MR) is 125 cm³/mol. The van der Waals surface area contributed by atoms with Gasteiger partial charge in [0.15, 0.2) is 0 Å². The van der Waals surface area contributed by atoms with Crippen molar-refractivity contribution in [1.29, 1.82) is 0 Å². The highest BCUT2D eigenvalue weighted by molar-refractivity contribution is 7.92. The molecule has 0 saturated carbocycles. The molecule has 0 atom stereocenters. The van der Waals surface area contributed by atoms with Crippen molar-refractivity contribution in [2.75, 3.05) is 10.8 Å². The summed E-state index contributed by atoms with van der Waals surface area (Å²) < 4.78 is 29.2.